The molecule has 0 aliphatic carbocycles. The Labute approximate surface area is 132 Å². The Morgan fingerprint density at radius 1 is 1.05 bits per heavy atom. The first-order chi connectivity index (χ1) is 10.5. The number of aliphatic hydroxyl groups excluding tert-OH is 1. The van der Waals surface area contributed by atoms with Crippen LogP contribution in [0.2, 0.25) is 0 Å². The third kappa shape index (κ3) is 3.55. The lowest BCUT2D eigenvalue weighted by Crippen LogP contribution is -2.32. The first kappa shape index (κ1) is 16.7. The van der Waals surface area contributed by atoms with Gasteiger partial charge in [-0.25, -0.2) is 8.42 Å². The van der Waals surface area contributed by atoms with Gasteiger partial charge in [0.2, 0.25) is 10.0 Å². The lowest BCUT2D eigenvalue weighted by molar-refractivity contribution is 0.240. The average Bonchev–Trinajstić information content (AvgIpc) is 2.53. The average molecular weight is 319 g/mol. The predicted molar refractivity (Wildman–Crippen MR) is 87.0 cm³/mol. The summed E-state index contributed by atoms with van der Waals surface area (Å²) in [6.45, 7) is 1.84. The fraction of sp³-hybridized carbons (Fsp3) is 0.294. The van der Waals surface area contributed by atoms with Crippen molar-refractivity contribution in [2.75, 3.05) is 13.7 Å². The van der Waals surface area contributed by atoms with Gasteiger partial charge >= 0.3 is 0 Å². The Kier molecular flexibility index (Phi) is 5.34. The summed E-state index contributed by atoms with van der Waals surface area (Å²) in [5.41, 5.74) is 1.88. The zero-order valence-electron chi connectivity index (χ0n) is 12.8. The van der Waals surface area contributed by atoms with Crippen LogP contribution in [-0.4, -0.2) is 31.5 Å². The van der Waals surface area contributed by atoms with E-state index in [1.54, 1.807) is 31.3 Å². The summed E-state index contributed by atoms with van der Waals surface area (Å²) in [5.74, 6) is 0. The summed E-state index contributed by atoms with van der Waals surface area (Å²) in [6.07, 6.45) is 0.353. The van der Waals surface area contributed by atoms with Gasteiger partial charge in [-0.3, -0.25) is 0 Å². The smallest absolute Gasteiger partial charge is 0.243 e. The molecule has 0 aliphatic heterocycles. The molecule has 2 aromatic carbocycles. The molecule has 0 bridgehead atoms. The van der Waals surface area contributed by atoms with Crippen LogP contribution in [0, 0.1) is 6.92 Å². The molecule has 1 N–H and O–H groups in total. The van der Waals surface area contributed by atoms with Crippen molar-refractivity contribution in [2.24, 2.45) is 0 Å². The molecule has 22 heavy (non-hydrogen) atoms. The second kappa shape index (κ2) is 7.05. The Balaban J connectivity index is 2.37. The minimum Gasteiger partial charge on any atom is -0.396 e. The van der Waals surface area contributed by atoms with Gasteiger partial charge in [0, 0.05) is 13.7 Å². The molecule has 0 aliphatic rings. The van der Waals surface area contributed by atoms with Crippen LogP contribution in [0.3, 0.4) is 0 Å². The fourth-order valence-corrected chi connectivity index (χ4v) is 3.77. The quantitative estimate of drug-likeness (QED) is 0.890. The second-order valence-corrected chi connectivity index (χ2v) is 7.27. The van der Waals surface area contributed by atoms with E-state index in [0.717, 1.165) is 11.1 Å². The molecule has 118 valence electrons. The highest BCUT2D eigenvalue weighted by Crippen LogP contribution is 2.28. The minimum atomic E-state index is -3.60. The molecule has 2 rings (SSSR count). The molecule has 0 radical (unpaired) electrons. The molecule has 5 heteroatoms. The van der Waals surface area contributed by atoms with Crippen molar-refractivity contribution in [1.29, 1.82) is 0 Å². The molecule has 2 aromatic rings. The Morgan fingerprint density at radius 2 is 1.64 bits per heavy atom. The van der Waals surface area contributed by atoms with E-state index in [9.17, 15) is 13.5 Å². The number of aliphatic hydroxyl groups is 1. The van der Waals surface area contributed by atoms with E-state index in [1.165, 1.54) is 4.31 Å². The summed E-state index contributed by atoms with van der Waals surface area (Å²) >= 11 is 0. The molecule has 0 amide bonds. The van der Waals surface area contributed by atoms with Gasteiger partial charge in [0.05, 0.1) is 10.9 Å². The highest BCUT2D eigenvalue weighted by Gasteiger charge is 2.28. The lowest BCUT2D eigenvalue weighted by atomic mass is 10.0. The lowest BCUT2D eigenvalue weighted by Gasteiger charge is -2.27. The third-order valence-corrected chi connectivity index (χ3v) is 5.60. The summed E-state index contributed by atoms with van der Waals surface area (Å²) < 4.78 is 26.9. The van der Waals surface area contributed by atoms with Gasteiger partial charge in [0.25, 0.3) is 0 Å². The van der Waals surface area contributed by atoms with Gasteiger partial charge in [-0.15, -0.1) is 0 Å². The van der Waals surface area contributed by atoms with Gasteiger partial charge in [-0.1, -0.05) is 48.0 Å². The first-order valence-electron chi connectivity index (χ1n) is 7.17. The van der Waals surface area contributed by atoms with Crippen molar-refractivity contribution in [2.45, 2.75) is 24.3 Å². The van der Waals surface area contributed by atoms with Crippen molar-refractivity contribution >= 4 is 10.0 Å². The van der Waals surface area contributed by atoms with Crippen LogP contribution >= 0.6 is 0 Å². The van der Waals surface area contributed by atoms with Crippen LogP contribution in [0.15, 0.2) is 59.5 Å². The van der Waals surface area contributed by atoms with Crippen LogP contribution in [0.25, 0.3) is 0 Å². The summed E-state index contributed by atoms with van der Waals surface area (Å²) in [5, 5.41) is 9.30. The first-order valence-corrected chi connectivity index (χ1v) is 8.61. The van der Waals surface area contributed by atoms with Gasteiger partial charge in [0.1, 0.15) is 0 Å². The zero-order chi connectivity index (χ0) is 16.2. The number of hydrogen-bond donors (Lipinski definition) is 1. The van der Waals surface area contributed by atoms with Crippen LogP contribution in [-0.2, 0) is 10.0 Å². The second-order valence-electron chi connectivity index (χ2n) is 5.27. The van der Waals surface area contributed by atoms with Crippen molar-refractivity contribution < 1.29 is 13.5 Å². The van der Waals surface area contributed by atoms with Crippen molar-refractivity contribution in [3.63, 3.8) is 0 Å². The molecule has 4 nitrogen and oxygen atoms in total. The maximum atomic E-state index is 12.8. The third-order valence-electron chi connectivity index (χ3n) is 3.72. The summed E-state index contributed by atoms with van der Waals surface area (Å²) in [4.78, 5) is 0.263. The maximum absolute atomic E-state index is 12.8. The van der Waals surface area contributed by atoms with E-state index in [0.29, 0.717) is 6.42 Å². The topological polar surface area (TPSA) is 57.6 Å². The number of sulfonamides is 1. The molecule has 0 fully saturated rings. The number of aryl methyl sites for hydroxylation is 1. The molecule has 0 aromatic heterocycles. The maximum Gasteiger partial charge on any atom is 0.243 e. The largest absolute Gasteiger partial charge is 0.396 e. The molecule has 0 saturated carbocycles. The molecular weight excluding hydrogens is 298 g/mol. The number of benzene rings is 2. The number of hydrogen-bond acceptors (Lipinski definition) is 3. The van der Waals surface area contributed by atoms with Crippen molar-refractivity contribution in [3.05, 3.63) is 65.7 Å². The highest BCUT2D eigenvalue weighted by atomic mass is 32.2. The molecule has 1 unspecified atom stereocenters. The van der Waals surface area contributed by atoms with E-state index in [1.807, 2.05) is 37.3 Å². The molecule has 1 atom stereocenters. The van der Waals surface area contributed by atoms with Crippen molar-refractivity contribution in [1.82, 2.24) is 4.31 Å². The monoisotopic (exact) mass is 319 g/mol. The number of rotatable bonds is 6. The predicted octanol–water partition coefficient (Wildman–Crippen LogP) is 2.74. The van der Waals surface area contributed by atoms with Crippen LogP contribution in [0.4, 0.5) is 0 Å². The molecular formula is C17H21NO3S. The Morgan fingerprint density at radius 3 is 2.18 bits per heavy atom. The molecule has 0 heterocycles. The van der Waals surface area contributed by atoms with Gasteiger partial charge in [-0.05, 0) is 31.0 Å². The highest BCUT2D eigenvalue weighted by molar-refractivity contribution is 7.89. The van der Waals surface area contributed by atoms with E-state index >= 15 is 0 Å². The standard InChI is InChI=1S/C17H21NO3S/c1-14-8-10-16(11-9-14)22(20,21)18(2)17(12-13-19)15-6-4-3-5-7-15/h3-11,17,19H,12-13H2,1-2H3. The van der Waals surface area contributed by atoms with E-state index in [2.05, 4.69) is 0 Å². The SMILES string of the molecule is Cc1ccc(S(=O)(=O)N(C)C(CCO)c2ccccc2)cc1. The Bertz CT molecular complexity index is 696. The van der Waals surface area contributed by atoms with Crippen LogP contribution in [0.5, 0.6) is 0 Å². The van der Waals surface area contributed by atoms with E-state index in [-0.39, 0.29) is 11.5 Å². The summed E-state index contributed by atoms with van der Waals surface area (Å²) in [7, 11) is -2.05. The van der Waals surface area contributed by atoms with Crippen LogP contribution < -0.4 is 0 Å². The van der Waals surface area contributed by atoms with Gasteiger partial charge < -0.3 is 5.11 Å². The fourth-order valence-electron chi connectivity index (χ4n) is 2.40. The van der Waals surface area contributed by atoms with Gasteiger partial charge in [0.15, 0.2) is 0 Å². The zero-order valence-corrected chi connectivity index (χ0v) is 13.6. The number of nitrogens with zero attached hydrogens (tertiary/aromatic N) is 1. The van der Waals surface area contributed by atoms with Crippen molar-refractivity contribution in [3.8, 4) is 0 Å². The van der Waals surface area contributed by atoms with E-state index < -0.39 is 16.1 Å². The van der Waals surface area contributed by atoms with Crippen LogP contribution in [0.1, 0.15) is 23.6 Å². The molecule has 0 saturated heterocycles. The van der Waals surface area contributed by atoms with E-state index in [4.69, 9.17) is 0 Å². The minimum absolute atomic E-state index is 0.0761. The molecule has 0 spiro atoms. The Hall–Kier alpha value is -1.69. The normalized spacial score (nSPS) is 13.3. The van der Waals surface area contributed by atoms with Gasteiger partial charge in [-0.2, -0.15) is 4.31 Å². The summed E-state index contributed by atoms with van der Waals surface area (Å²) in [6, 6.07) is 15.8.